The molecule has 0 spiro atoms. The zero-order valence-corrected chi connectivity index (χ0v) is 13.1. The molecule has 0 amide bonds. The van der Waals surface area contributed by atoms with Crippen LogP contribution in [0.1, 0.15) is 69.2 Å². The van der Waals surface area contributed by atoms with E-state index in [-0.39, 0.29) is 5.41 Å². The van der Waals surface area contributed by atoms with Crippen LogP contribution in [0.2, 0.25) is 0 Å². The molecule has 1 aromatic rings. The molecule has 1 heteroatoms. The maximum Gasteiger partial charge on any atom is 0.00105 e. The van der Waals surface area contributed by atoms with Crippen molar-refractivity contribution in [1.82, 2.24) is 0 Å². The molecule has 0 bridgehead atoms. The average molecular weight is 259 g/mol. The van der Waals surface area contributed by atoms with Crippen molar-refractivity contribution in [2.45, 2.75) is 77.7 Å². The second-order valence-corrected chi connectivity index (χ2v) is 7.25. The Kier molecular flexibility index (Phi) is 4.35. The van der Waals surface area contributed by atoms with Gasteiger partial charge in [0.2, 0.25) is 0 Å². The van der Waals surface area contributed by atoms with Gasteiger partial charge in [-0.25, -0.2) is 0 Å². The van der Waals surface area contributed by atoms with Crippen LogP contribution in [-0.4, -0.2) is 6.04 Å². The zero-order chi connectivity index (χ0) is 14.0. The third-order valence-electron chi connectivity index (χ3n) is 4.21. The Morgan fingerprint density at radius 2 is 1.95 bits per heavy atom. The van der Waals surface area contributed by atoms with Crippen LogP contribution in [0.25, 0.3) is 0 Å². The number of rotatable bonds is 4. The van der Waals surface area contributed by atoms with Crippen LogP contribution in [0.3, 0.4) is 0 Å². The van der Waals surface area contributed by atoms with Crippen LogP contribution in [0.15, 0.2) is 12.1 Å². The Hall–Kier alpha value is -0.820. The molecule has 106 valence electrons. The van der Waals surface area contributed by atoms with E-state index in [1.54, 1.807) is 16.7 Å². The molecule has 0 aliphatic heterocycles. The molecular weight excluding hydrogens is 230 g/mol. The van der Waals surface area contributed by atoms with Crippen LogP contribution in [0.4, 0.5) is 0 Å². The molecule has 1 aliphatic rings. The highest BCUT2D eigenvalue weighted by Crippen LogP contribution is 2.34. The standard InChI is InChI=1S/C18H29N/c1-13(19)7-5-8-14-11-15-9-6-10-16(15)17(12-14)18(2,3)4/h11-13H,5-10,19H2,1-4H3/t13-/m0/s1. The maximum atomic E-state index is 5.85. The van der Waals surface area contributed by atoms with Gasteiger partial charge in [-0.15, -0.1) is 0 Å². The van der Waals surface area contributed by atoms with E-state index >= 15 is 0 Å². The molecule has 1 aliphatic carbocycles. The first-order chi connectivity index (χ1) is 8.88. The Bertz CT molecular complexity index is 438. The topological polar surface area (TPSA) is 26.0 Å². The van der Waals surface area contributed by atoms with E-state index in [9.17, 15) is 0 Å². The van der Waals surface area contributed by atoms with Gasteiger partial charge in [-0.1, -0.05) is 32.9 Å². The Morgan fingerprint density at radius 1 is 1.21 bits per heavy atom. The molecule has 19 heavy (non-hydrogen) atoms. The predicted molar refractivity (Wildman–Crippen MR) is 83.8 cm³/mol. The zero-order valence-electron chi connectivity index (χ0n) is 13.1. The SMILES string of the molecule is C[C@H](N)CCCc1cc2c(c(C(C)(C)C)c1)CCC2. The molecule has 1 atom stereocenters. The van der Waals surface area contributed by atoms with Crippen LogP contribution in [-0.2, 0) is 24.7 Å². The number of fused-ring (bicyclic) bond motifs is 1. The lowest BCUT2D eigenvalue weighted by molar-refractivity contribution is 0.580. The predicted octanol–water partition coefficient (Wildman–Crippen LogP) is 4.14. The molecule has 0 saturated heterocycles. The van der Waals surface area contributed by atoms with Crippen LogP contribution in [0, 0.1) is 0 Å². The van der Waals surface area contributed by atoms with Crippen LogP contribution in [0.5, 0.6) is 0 Å². The molecule has 1 aromatic carbocycles. The van der Waals surface area contributed by atoms with Gasteiger partial charge in [-0.05, 0) is 73.1 Å². The minimum atomic E-state index is 0.269. The van der Waals surface area contributed by atoms with Crippen molar-refractivity contribution in [3.63, 3.8) is 0 Å². The van der Waals surface area contributed by atoms with Gasteiger partial charge >= 0.3 is 0 Å². The summed E-state index contributed by atoms with van der Waals surface area (Å²) in [5.41, 5.74) is 12.5. The molecule has 0 unspecified atom stereocenters. The molecule has 0 aromatic heterocycles. The normalized spacial score (nSPS) is 16.5. The lowest BCUT2D eigenvalue weighted by Gasteiger charge is -2.24. The van der Waals surface area contributed by atoms with E-state index in [1.807, 2.05) is 0 Å². The largest absolute Gasteiger partial charge is 0.328 e. The van der Waals surface area contributed by atoms with E-state index in [1.165, 1.54) is 37.7 Å². The number of nitrogens with two attached hydrogens (primary N) is 1. The summed E-state index contributed by atoms with van der Waals surface area (Å²) in [6.45, 7) is 9.12. The highest BCUT2D eigenvalue weighted by atomic mass is 14.6. The van der Waals surface area contributed by atoms with Gasteiger partial charge in [0.25, 0.3) is 0 Å². The summed E-state index contributed by atoms with van der Waals surface area (Å²) >= 11 is 0. The molecule has 0 heterocycles. The molecule has 1 nitrogen and oxygen atoms in total. The summed E-state index contributed by atoms with van der Waals surface area (Å²) in [5, 5.41) is 0. The summed E-state index contributed by atoms with van der Waals surface area (Å²) in [6.07, 6.45) is 7.41. The minimum Gasteiger partial charge on any atom is -0.328 e. The van der Waals surface area contributed by atoms with E-state index < -0.39 is 0 Å². The van der Waals surface area contributed by atoms with Gasteiger partial charge in [0.1, 0.15) is 0 Å². The van der Waals surface area contributed by atoms with E-state index in [0.29, 0.717) is 6.04 Å². The van der Waals surface area contributed by atoms with E-state index in [2.05, 4.69) is 39.8 Å². The summed E-state index contributed by atoms with van der Waals surface area (Å²) in [6, 6.07) is 5.25. The molecule has 2 rings (SSSR count). The summed E-state index contributed by atoms with van der Waals surface area (Å²) in [4.78, 5) is 0. The second kappa shape index (κ2) is 5.66. The summed E-state index contributed by atoms with van der Waals surface area (Å²) < 4.78 is 0. The van der Waals surface area contributed by atoms with Crippen molar-refractivity contribution in [2.75, 3.05) is 0 Å². The fourth-order valence-electron chi connectivity index (χ4n) is 3.21. The molecule has 0 saturated carbocycles. The van der Waals surface area contributed by atoms with Crippen molar-refractivity contribution in [1.29, 1.82) is 0 Å². The van der Waals surface area contributed by atoms with Crippen molar-refractivity contribution < 1.29 is 0 Å². The Morgan fingerprint density at radius 3 is 2.58 bits per heavy atom. The highest BCUT2D eigenvalue weighted by Gasteiger charge is 2.23. The summed E-state index contributed by atoms with van der Waals surface area (Å²) in [5.74, 6) is 0. The quantitative estimate of drug-likeness (QED) is 0.864. The monoisotopic (exact) mass is 259 g/mol. The lowest BCUT2D eigenvalue weighted by Crippen LogP contribution is -2.16. The number of aryl methyl sites for hydroxylation is 2. The Labute approximate surface area is 118 Å². The first-order valence-electron chi connectivity index (χ1n) is 7.78. The van der Waals surface area contributed by atoms with Gasteiger partial charge in [-0.2, -0.15) is 0 Å². The smallest absolute Gasteiger partial charge is 0.00105 e. The van der Waals surface area contributed by atoms with Crippen LogP contribution < -0.4 is 5.73 Å². The fraction of sp³-hybridized carbons (Fsp3) is 0.667. The molecule has 0 fully saturated rings. The number of benzene rings is 1. The number of hydrogen-bond acceptors (Lipinski definition) is 1. The van der Waals surface area contributed by atoms with Gasteiger partial charge in [0.05, 0.1) is 0 Å². The van der Waals surface area contributed by atoms with Crippen molar-refractivity contribution in [3.8, 4) is 0 Å². The Balaban J connectivity index is 2.22. The average Bonchev–Trinajstić information content (AvgIpc) is 2.73. The maximum absolute atomic E-state index is 5.85. The minimum absolute atomic E-state index is 0.269. The van der Waals surface area contributed by atoms with E-state index in [0.717, 1.165) is 6.42 Å². The van der Waals surface area contributed by atoms with Crippen LogP contribution >= 0.6 is 0 Å². The third kappa shape index (κ3) is 3.60. The van der Waals surface area contributed by atoms with Crippen molar-refractivity contribution in [3.05, 3.63) is 34.4 Å². The first kappa shape index (κ1) is 14.6. The lowest BCUT2D eigenvalue weighted by atomic mass is 9.81. The van der Waals surface area contributed by atoms with Crippen molar-refractivity contribution >= 4 is 0 Å². The second-order valence-electron chi connectivity index (χ2n) is 7.25. The molecule has 0 radical (unpaired) electrons. The summed E-state index contributed by atoms with van der Waals surface area (Å²) in [7, 11) is 0. The van der Waals surface area contributed by atoms with Gasteiger partial charge in [-0.3, -0.25) is 0 Å². The van der Waals surface area contributed by atoms with Crippen molar-refractivity contribution in [2.24, 2.45) is 5.73 Å². The highest BCUT2D eigenvalue weighted by molar-refractivity contribution is 5.45. The van der Waals surface area contributed by atoms with E-state index in [4.69, 9.17) is 5.73 Å². The van der Waals surface area contributed by atoms with Gasteiger partial charge in [0.15, 0.2) is 0 Å². The first-order valence-corrected chi connectivity index (χ1v) is 7.78. The number of hydrogen-bond donors (Lipinski definition) is 1. The third-order valence-corrected chi connectivity index (χ3v) is 4.21. The van der Waals surface area contributed by atoms with Gasteiger partial charge in [0, 0.05) is 6.04 Å². The molecular formula is C18H29N. The molecule has 2 N–H and O–H groups in total. The fourth-order valence-corrected chi connectivity index (χ4v) is 3.21. The van der Waals surface area contributed by atoms with Gasteiger partial charge < -0.3 is 5.73 Å².